The van der Waals surface area contributed by atoms with E-state index in [2.05, 4.69) is 5.16 Å². The lowest BCUT2D eigenvalue weighted by atomic mass is 10.1. The summed E-state index contributed by atoms with van der Waals surface area (Å²) in [5, 5.41) is 12.6. The van der Waals surface area contributed by atoms with Crippen LogP contribution < -0.4 is 10.5 Å². The predicted octanol–water partition coefficient (Wildman–Crippen LogP) is 1.28. The van der Waals surface area contributed by atoms with Crippen LogP contribution >= 0.6 is 0 Å². The van der Waals surface area contributed by atoms with Gasteiger partial charge in [0.25, 0.3) is 0 Å². The summed E-state index contributed by atoms with van der Waals surface area (Å²) in [7, 11) is 3.49. The molecule has 5 nitrogen and oxygen atoms in total. The summed E-state index contributed by atoms with van der Waals surface area (Å²) in [5.74, 6) is 0.787. The summed E-state index contributed by atoms with van der Waals surface area (Å²) < 4.78 is 7.18. The highest BCUT2D eigenvalue weighted by Gasteiger charge is 2.14. The second kappa shape index (κ2) is 3.77. The number of nitrogens with two attached hydrogens (primary N) is 1. The van der Waals surface area contributed by atoms with E-state index in [4.69, 9.17) is 15.7 Å². The minimum atomic E-state index is 0.0788. The Labute approximate surface area is 92.7 Å². The van der Waals surface area contributed by atoms with Gasteiger partial charge in [-0.15, -0.1) is 0 Å². The topological polar surface area (TPSA) is 72.8 Å². The van der Waals surface area contributed by atoms with Crippen molar-refractivity contribution in [3.05, 3.63) is 30.0 Å². The lowest BCUT2D eigenvalue weighted by Crippen LogP contribution is -2.12. The van der Waals surface area contributed by atoms with E-state index in [1.54, 1.807) is 7.11 Å². The standard InChI is InChI=1S/C11H13N3O2/c1-14-6-7(11(12)13-15)10-8(14)4-3-5-9(10)16-2/h3-6,15H,1-2H3,(H2,12,13). The van der Waals surface area contributed by atoms with Crippen LogP contribution in [0.1, 0.15) is 5.56 Å². The highest BCUT2D eigenvalue weighted by atomic mass is 16.5. The van der Waals surface area contributed by atoms with Crippen molar-refractivity contribution in [2.75, 3.05) is 7.11 Å². The molecule has 2 rings (SSSR count). The Hall–Kier alpha value is -2.17. The minimum Gasteiger partial charge on any atom is -0.496 e. The van der Waals surface area contributed by atoms with Crippen LogP contribution in [0.25, 0.3) is 10.9 Å². The molecule has 0 atom stereocenters. The number of fused-ring (bicyclic) bond motifs is 1. The van der Waals surface area contributed by atoms with Crippen molar-refractivity contribution >= 4 is 16.7 Å². The van der Waals surface area contributed by atoms with Crippen molar-refractivity contribution in [2.24, 2.45) is 17.9 Å². The Balaban J connectivity index is 2.85. The lowest BCUT2D eigenvalue weighted by Gasteiger charge is -2.03. The van der Waals surface area contributed by atoms with Gasteiger partial charge >= 0.3 is 0 Å². The Morgan fingerprint density at radius 1 is 1.50 bits per heavy atom. The number of oxime groups is 1. The SMILES string of the molecule is COc1cccc2c1c(/C(N)=N\O)cn2C. The van der Waals surface area contributed by atoms with Gasteiger partial charge in [0.15, 0.2) is 5.84 Å². The van der Waals surface area contributed by atoms with Crippen molar-refractivity contribution in [3.63, 3.8) is 0 Å². The maximum Gasteiger partial charge on any atom is 0.172 e. The van der Waals surface area contributed by atoms with E-state index in [0.717, 1.165) is 10.9 Å². The van der Waals surface area contributed by atoms with Crippen molar-refractivity contribution in [3.8, 4) is 5.75 Å². The number of hydrogen-bond donors (Lipinski definition) is 2. The molecule has 1 aromatic heterocycles. The van der Waals surface area contributed by atoms with Crippen LogP contribution in [0.4, 0.5) is 0 Å². The molecule has 0 bridgehead atoms. The largest absolute Gasteiger partial charge is 0.496 e. The fourth-order valence-corrected chi connectivity index (χ4v) is 1.83. The summed E-state index contributed by atoms with van der Waals surface area (Å²) >= 11 is 0. The Morgan fingerprint density at radius 2 is 2.25 bits per heavy atom. The number of benzene rings is 1. The number of aryl methyl sites for hydroxylation is 1. The van der Waals surface area contributed by atoms with E-state index < -0.39 is 0 Å². The molecule has 0 spiro atoms. The van der Waals surface area contributed by atoms with E-state index in [-0.39, 0.29) is 5.84 Å². The van der Waals surface area contributed by atoms with Gasteiger partial charge < -0.3 is 20.2 Å². The molecule has 3 N–H and O–H groups in total. The zero-order valence-corrected chi connectivity index (χ0v) is 9.14. The van der Waals surface area contributed by atoms with Crippen LogP contribution in [-0.2, 0) is 7.05 Å². The molecular formula is C11H13N3O2. The fraction of sp³-hybridized carbons (Fsp3) is 0.182. The molecule has 0 unspecified atom stereocenters. The molecule has 0 aliphatic heterocycles. The predicted molar refractivity (Wildman–Crippen MR) is 62.0 cm³/mol. The fourth-order valence-electron chi connectivity index (χ4n) is 1.83. The molecule has 5 heteroatoms. The van der Waals surface area contributed by atoms with E-state index in [1.165, 1.54) is 0 Å². The highest BCUT2D eigenvalue weighted by molar-refractivity contribution is 6.10. The van der Waals surface area contributed by atoms with Crippen molar-refractivity contribution < 1.29 is 9.94 Å². The maximum atomic E-state index is 8.73. The highest BCUT2D eigenvalue weighted by Crippen LogP contribution is 2.29. The third kappa shape index (κ3) is 1.37. The molecule has 0 amide bonds. The molecule has 2 aromatic rings. The zero-order chi connectivity index (χ0) is 11.7. The average Bonchev–Trinajstić information content (AvgIpc) is 2.66. The first-order valence-corrected chi connectivity index (χ1v) is 4.79. The first-order chi connectivity index (χ1) is 7.69. The van der Waals surface area contributed by atoms with Crippen LogP contribution in [0.2, 0.25) is 0 Å². The molecule has 84 valence electrons. The van der Waals surface area contributed by atoms with Gasteiger partial charge in [0, 0.05) is 18.8 Å². The molecule has 0 fully saturated rings. The number of rotatable bonds is 2. The number of aromatic nitrogens is 1. The average molecular weight is 219 g/mol. The van der Waals surface area contributed by atoms with E-state index in [1.807, 2.05) is 36.0 Å². The molecule has 0 radical (unpaired) electrons. The summed E-state index contributed by atoms with van der Waals surface area (Å²) in [6.07, 6.45) is 1.81. The second-order valence-electron chi connectivity index (χ2n) is 3.49. The van der Waals surface area contributed by atoms with Gasteiger partial charge in [-0.05, 0) is 12.1 Å². The van der Waals surface area contributed by atoms with Crippen molar-refractivity contribution in [1.29, 1.82) is 0 Å². The van der Waals surface area contributed by atoms with Crippen LogP contribution in [0, 0.1) is 0 Å². The smallest absolute Gasteiger partial charge is 0.172 e. The van der Waals surface area contributed by atoms with E-state index in [0.29, 0.717) is 11.3 Å². The first kappa shape index (κ1) is 10.4. The molecule has 0 saturated heterocycles. The monoisotopic (exact) mass is 219 g/mol. The van der Waals surface area contributed by atoms with Gasteiger partial charge in [-0.3, -0.25) is 0 Å². The summed E-state index contributed by atoms with van der Waals surface area (Å²) in [5.41, 5.74) is 7.27. The molecule has 0 saturated carbocycles. The first-order valence-electron chi connectivity index (χ1n) is 4.79. The van der Waals surface area contributed by atoms with Gasteiger partial charge in [-0.1, -0.05) is 11.2 Å². The van der Waals surface area contributed by atoms with Crippen LogP contribution in [-0.4, -0.2) is 22.7 Å². The van der Waals surface area contributed by atoms with Crippen LogP contribution in [0.15, 0.2) is 29.6 Å². The van der Waals surface area contributed by atoms with Gasteiger partial charge in [0.05, 0.1) is 18.0 Å². The minimum absolute atomic E-state index is 0.0788. The maximum absolute atomic E-state index is 8.73. The molecule has 16 heavy (non-hydrogen) atoms. The molecule has 0 aliphatic carbocycles. The van der Waals surface area contributed by atoms with Crippen LogP contribution in [0.3, 0.4) is 0 Å². The lowest BCUT2D eigenvalue weighted by molar-refractivity contribution is 0.318. The molecular weight excluding hydrogens is 206 g/mol. The number of ether oxygens (including phenoxy) is 1. The third-order valence-corrected chi connectivity index (χ3v) is 2.58. The Morgan fingerprint density at radius 3 is 2.88 bits per heavy atom. The van der Waals surface area contributed by atoms with Gasteiger partial charge in [-0.2, -0.15) is 0 Å². The van der Waals surface area contributed by atoms with E-state index >= 15 is 0 Å². The zero-order valence-electron chi connectivity index (χ0n) is 9.14. The summed E-state index contributed by atoms with van der Waals surface area (Å²) in [6, 6.07) is 5.69. The van der Waals surface area contributed by atoms with Gasteiger partial charge in [-0.25, -0.2) is 0 Å². The Kier molecular flexibility index (Phi) is 2.44. The van der Waals surface area contributed by atoms with Crippen LogP contribution in [0.5, 0.6) is 5.75 Å². The van der Waals surface area contributed by atoms with Gasteiger partial charge in [0.2, 0.25) is 0 Å². The van der Waals surface area contributed by atoms with Crippen molar-refractivity contribution in [1.82, 2.24) is 4.57 Å². The normalized spacial score (nSPS) is 12.0. The number of methoxy groups -OCH3 is 1. The summed E-state index contributed by atoms with van der Waals surface area (Å²) in [6.45, 7) is 0. The molecule has 1 aromatic carbocycles. The quantitative estimate of drug-likeness (QED) is 0.346. The number of nitrogens with zero attached hydrogens (tertiary/aromatic N) is 2. The third-order valence-electron chi connectivity index (χ3n) is 2.58. The van der Waals surface area contributed by atoms with Gasteiger partial charge in [0.1, 0.15) is 5.75 Å². The molecule has 0 aliphatic rings. The molecule has 1 heterocycles. The summed E-state index contributed by atoms with van der Waals surface area (Å²) in [4.78, 5) is 0. The Bertz CT molecular complexity index is 558. The van der Waals surface area contributed by atoms with Crippen molar-refractivity contribution in [2.45, 2.75) is 0 Å². The number of hydrogen-bond acceptors (Lipinski definition) is 3. The number of amidine groups is 1. The second-order valence-corrected chi connectivity index (χ2v) is 3.49. The van der Waals surface area contributed by atoms with E-state index in [9.17, 15) is 0 Å².